The molecule has 2 aromatic rings. The Hall–Kier alpha value is -1.39. The lowest BCUT2D eigenvalue weighted by molar-refractivity contribution is 0.224. The second kappa shape index (κ2) is 3.77. The van der Waals surface area contributed by atoms with Crippen LogP contribution in [0.25, 0.3) is 0 Å². The second-order valence-electron chi connectivity index (χ2n) is 2.90. The topological polar surface area (TPSA) is 59.1 Å². The summed E-state index contributed by atoms with van der Waals surface area (Å²) < 4.78 is 0. The molecule has 0 radical (unpaired) electrons. The molecule has 0 spiro atoms. The number of aliphatic hydroxyl groups is 1. The highest BCUT2D eigenvalue weighted by Crippen LogP contribution is 2.27. The predicted octanol–water partition coefficient (Wildman–Crippen LogP) is 1.81. The zero-order valence-corrected chi connectivity index (χ0v) is 8.24. The maximum absolute atomic E-state index is 9.95. The van der Waals surface area contributed by atoms with E-state index in [1.807, 2.05) is 17.5 Å². The van der Waals surface area contributed by atoms with Crippen LogP contribution >= 0.6 is 11.3 Å². The van der Waals surface area contributed by atoms with Crippen molar-refractivity contribution in [1.29, 1.82) is 0 Å². The zero-order chi connectivity index (χ0) is 9.97. The summed E-state index contributed by atoms with van der Waals surface area (Å²) in [6.07, 6.45) is 0.948. The number of pyridine rings is 1. The van der Waals surface area contributed by atoms with Crippen molar-refractivity contribution in [3.8, 4) is 0 Å². The van der Waals surface area contributed by atoms with E-state index in [9.17, 15) is 5.11 Å². The first-order valence-corrected chi connectivity index (χ1v) is 5.09. The van der Waals surface area contributed by atoms with Crippen LogP contribution in [0.1, 0.15) is 16.5 Å². The van der Waals surface area contributed by atoms with Gasteiger partial charge in [-0.25, -0.2) is 4.98 Å². The summed E-state index contributed by atoms with van der Waals surface area (Å²) in [5.41, 5.74) is 6.32. The van der Waals surface area contributed by atoms with Crippen LogP contribution in [0.3, 0.4) is 0 Å². The van der Waals surface area contributed by atoms with Crippen LogP contribution in [0.4, 0.5) is 5.82 Å². The Balaban J connectivity index is 2.37. The lowest BCUT2D eigenvalue weighted by Crippen LogP contribution is -2.03. The molecule has 3 N–H and O–H groups in total. The van der Waals surface area contributed by atoms with Crippen LogP contribution in [-0.2, 0) is 0 Å². The molecule has 0 aromatic carbocycles. The molecule has 2 rings (SSSR count). The van der Waals surface area contributed by atoms with E-state index in [0.29, 0.717) is 11.4 Å². The first-order valence-electron chi connectivity index (χ1n) is 4.21. The Morgan fingerprint density at radius 1 is 1.36 bits per heavy atom. The van der Waals surface area contributed by atoms with Gasteiger partial charge in [0.25, 0.3) is 0 Å². The number of thiophene rings is 1. The molecule has 1 atom stereocenters. The Kier molecular flexibility index (Phi) is 2.47. The Labute approximate surface area is 85.8 Å². The second-order valence-corrected chi connectivity index (χ2v) is 3.88. The van der Waals surface area contributed by atoms with Crippen molar-refractivity contribution in [3.63, 3.8) is 0 Å². The van der Waals surface area contributed by atoms with Crippen molar-refractivity contribution in [2.45, 2.75) is 6.10 Å². The maximum Gasteiger partial charge on any atom is 0.129 e. The monoisotopic (exact) mass is 206 g/mol. The van der Waals surface area contributed by atoms with Gasteiger partial charge in [0.1, 0.15) is 11.9 Å². The number of aromatic nitrogens is 1. The molecule has 3 nitrogen and oxygen atoms in total. The summed E-state index contributed by atoms with van der Waals surface area (Å²) in [5.74, 6) is 0.383. The van der Waals surface area contributed by atoms with E-state index in [1.54, 1.807) is 18.3 Å². The van der Waals surface area contributed by atoms with Crippen molar-refractivity contribution in [1.82, 2.24) is 4.98 Å². The first-order chi connectivity index (χ1) is 6.79. The largest absolute Gasteiger partial charge is 0.383 e. The number of aliphatic hydroxyl groups excluding tert-OH is 1. The Morgan fingerprint density at radius 2 is 2.21 bits per heavy atom. The van der Waals surface area contributed by atoms with E-state index in [4.69, 9.17) is 5.73 Å². The summed E-state index contributed by atoms with van der Waals surface area (Å²) in [5, 5.41) is 11.9. The number of nitrogens with zero attached hydrogens (tertiary/aromatic N) is 1. The SMILES string of the molecule is Nc1ncccc1C(O)c1cccs1. The molecule has 0 saturated carbocycles. The van der Waals surface area contributed by atoms with Gasteiger partial charge in [0.15, 0.2) is 0 Å². The van der Waals surface area contributed by atoms with Gasteiger partial charge in [0.2, 0.25) is 0 Å². The standard InChI is InChI=1S/C10H10N2OS/c11-10-7(3-1-5-12-10)9(13)8-4-2-6-14-8/h1-6,9,13H,(H2,11,12). The van der Waals surface area contributed by atoms with E-state index in [1.165, 1.54) is 11.3 Å². The van der Waals surface area contributed by atoms with Crippen LogP contribution in [0.5, 0.6) is 0 Å². The number of hydrogen-bond acceptors (Lipinski definition) is 4. The van der Waals surface area contributed by atoms with Crippen molar-refractivity contribution in [3.05, 3.63) is 46.3 Å². The first kappa shape index (κ1) is 9.18. The van der Waals surface area contributed by atoms with Gasteiger partial charge in [-0.05, 0) is 17.5 Å². The molecule has 0 saturated heterocycles. The Bertz CT molecular complexity index is 414. The quantitative estimate of drug-likeness (QED) is 0.787. The third kappa shape index (κ3) is 1.62. The van der Waals surface area contributed by atoms with Crippen LogP contribution < -0.4 is 5.73 Å². The van der Waals surface area contributed by atoms with Gasteiger partial charge in [0, 0.05) is 16.6 Å². The van der Waals surface area contributed by atoms with Crippen molar-refractivity contribution in [2.24, 2.45) is 0 Å². The molecule has 2 aromatic heterocycles. The minimum absolute atomic E-state index is 0.383. The van der Waals surface area contributed by atoms with Gasteiger partial charge < -0.3 is 10.8 Å². The van der Waals surface area contributed by atoms with E-state index in [2.05, 4.69) is 4.98 Å². The molecule has 72 valence electrons. The maximum atomic E-state index is 9.95. The van der Waals surface area contributed by atoms with Crippen LogP contribution in [0.2, 0.25) is 0 Å². The molecule has 4 heteroatoms. The molecule has 0 fully saturated rings. The smallest absolute Gasteiger partial charge is 0.129 e. The van der Waals surface area contributed by atoms with Gasteiger partial charge in [-0.1, -0.05) is 12.1 Å². The van der Waals surface area contributed by atoms with Gasteiger partial charge in [-0.15, -0.1) is 11.3 Å². The van der Waals surface area contributed by atoms with E-state index < -0.39 is 6.10 Å². The molecule has 0 aliphatic rings. The number of anilines is 1. The van der Waals surface area contributed by atoms with E-state index >= 15 is 0 Å². The molecular weight excluding hydrogens is 196 g/mol. The molecule has 0 aliphatic heterocycles. The third-order valence-electron chi connectivity index (χ3n) is 1.98. The minimum atomic E-state index is -0.663. The molecule has 1 unspecified atom stereocenters. The molecule has 2 heterocycles. The predicted molar refractivity (Wildman–Crippen MR) is 57.0 cm³/mol. The fraction of sp³-hybridized carbons (Fsp3) is 0.100. The van der Waals surface area contributed by atoms with Gasteiger partial charge in [-0.2, -0.15) is 0 Å². The third-order valence-corrected chi connectivity index (χ3v) is 2.90. The fourth-order valence-electron chi connectivity index (χ4n) is 1.26. The van der Waals surface area contributed by atoms with Crippen molar-refractivity contribution < 1.29 is 5.11 Å². The lowest BCUT2D eigenvalue weighted by atomic mass is 10.1. The van der Waals surface area contributed by atoms with Crippen LogP contribution in [0, 0.1) is 0 Å². The summed E-state index contributed by atoms with van der Waals surface area (Å²) in [6, 6.07) is 7.33. The number of hydrogen-bond donors (Lipinski definition) is 2. The molecule has 14 heavy (non-hydrogen) atoms. The normalized spacial score (nSPS) is 12.6. The zero-order valence-electron chi connectivity index (χ0n) is 7.42. The lowest BCUT2D eigenvalue weighted by Gasteiger charge is -2.10. The van der Waals surface area contributed by atoms with Gasteiger partial charge in [-0.3, -0.25) is 0 Å². The summed E-state index contributed by atoms with van der Waals surface area (Å²) in [6.45, 7) is 0. The summed E-state index contributed by atoms with van der Waals surface area (Å²) in [4.78, 5) is 4.81. The van der Waals surface area contributed by atoms with Crippen LogP contribution in [0.15, 0.2) is 35.8 Å². The fourth-order valence-corrected chi connectivity index (χ4v) is 1.99. The van der Waals surface area contributed by atoms with E-state index in [-0.39, 0.29) is 0 Å². The average molecular weight is 206 g/mol. The van der Waals surface area contributed by atoms with Gasteiger partial charge in [0.05, 0.1) is 0 Å². The number of rotatable bonds is 2. The highest BCUT2D eigenvalue weighted by Gasteiger charge is 2.14. The summed E-state index contributed by atoms with van der Waals surface area (Å²) in [7, 11) is 0. The minimum Gasteiger partial charge on any atom is -0.383 e. The van der Waals surface area contributed by atoms with E-state index in [0.717, 1.165) is 4.88 Å². The van der Waals surface area contributed by atoms with Crippen LogP contribution in [-0.4, -0.2) is 10.1 Å². The molecule has 0 aliphatic carbocycles. The number of nitrogens with two attached hydrogens (primary N) is 1. The summed E-state index contributed by atoms with van der Waals surface area (Å²) >= 11 is 1.50. The highest BCUT2D eigenvalue weighted by molar-refractivity contribution is 7.10. The number of nitrogen functional groups attached to an aromatic ring is 1. The molecule has 0 amide bonds. The highest BCUT2D eigenvalue weighted by atomic mass is 32.1. The molecule has 0 bridgehead atoms. The average Bonchev–Trinajstić information content (AvgIpc) is 2.70. The van der Waals surface area contributed by atoms with Crippen molar-refractivity contribution in [2.75, 3.05) is 5.73 Å². The van der Waals surface area contributed by atoms with Gasteiger partial charge >= 0.3 is 0 Å². The Morgan fingerprint density at radius 3 is 2.86 bits per heavy atom. The molecular formula is C10H10N2OS. The van der Waals surface area contributed by atoms with Crippen molar-refractivity contribution >= 4 is 17.2 Å².